The maximum absolute atomic E-state index is 11.8. The Morgan fingerprint density at radius 1 is 1.42 bits per heavy atom. The van der Waals surface area contributed by atoms with Crippen LogP contribution in [-0.4, -0.2) is 42.8 Å². The van der Waals surface area contributed by atoms with Gasteiger partial charge in [-0.1, -0.05) is 20.8 Å². The molecule has 0 aliphatic heterocycles. The molecule has 0 aromatic carbocycles. The molecule has 0 saturated carbocycles. The Kier molecular flexibility index (Phi) is 6.92. The van der Waals surface area contributed by atoms with Gasteiger partial charge in [0.2, 0.25) is 0 Å². The molecule has 1 heterocycles. The maximum Gasteiger partial charge on any atom is 0.358 e. The summed E-state index contributed by atoms with van der Waals surface area (Å²) in [6.07, 6.45) is 4.19. The van der Waals surface area contributed by atoms with Crippen LogP contribution in [0.25, 0.3) is 0 Å². The number of carbonyl (C=O) groups excluding carboxylic acids is 2. The van der Waals surface area contributed by atoms with E-state index >= 15 is 0 Å². The Morgan fingerprint density at radius 2 is 2.04 bits per heavy atom. The molecule has 0 fully saturated rings. The summed E-state index contributed by atoms with van der Waals surface area (Å²) in [4.78, 5) is 27.0. The zero-order valence-electron chi connectivity index (χ0n) is 15.8. The van der Waals surface area contributed by atoms with Crippen LogP contribution < -0.4 is 0 Å². The molecule has 7 heteroatoms. The highest BCUT2D eigenvalue weighted by molar-refractivity contribution is 6.74. The van der Waals surface area contributed by atoms with E-state index in [1.54, 1.807) is 24.0 Å². The first kappa shape index (κ1) is 20.6. The van der Waals surface area contributed by atoms with Gasteiger partial charge in [-0.15, -0.1) is 0 Å². The Bertz CT molecular complexity index is 563. The summed E-state index contributed by atoms with van der Waals surface area (Å²) >= 11 is 0. The van der Waals surface area contributed by atoms with Crippen molar-refractivity contribution in [1.82, 2.24) is 9.55 Å². The number of carbonyl (C=O) groups is 2. The maximum atomic E-state index is 11.8. The monoisotopic (exact) mass is 354 g/mol. The Balaban J connectivity index is 2.98. The lowest BCUT2D eigenvalue weighted by molar-refractivity contribution is -0.109. The molecule has 1 aromatic heterocycles. The number of aldehydes is 1. The summed E-state index contributed by atoms with van der Waals surface area (Å²) in [6, 6.07) is -0.202. The SMILES string of the molecule is CCOC(=O)c1cn(C(CC=O)C(C)O[Si](C)(C)C(C)(C)C)cn1. The van der Waals surface area contributed by atoms with Crippen molar-refractivity contribution in [2.75, 3.05) is 6.61 Å². The van der Waals surface area contributed by atoms with Gasteiger partial charge in [-0.2, -0.15) is 0 Å². The van der Waals surface area contributed by atoms with Gasteiger partial charge in [0.05, 0.1) is 25.1 Å². The number of nitrogens with zero attached hydrogens (tertiary/aromatic N) is 2. The quantitative estimate of drug-likeness (QED) is 0.405. The predicted octanol–water partition coefficient (Wildman–Crippen LogP) is 3.60. The van der Waals surface area contributed by atoms with E-state index in [0.29, 0.717) is 13.0 Å². The average molecular weight is 355 g/mol. The molecular formula is C17H30N2O4Si. The van der Waals surface area contributed by atoms with E-state index in [1.807, 2.05) is 6.92 Å². The molecule has 0 N–H and O–H groups in total. The highest BCUT2D eigenvalue weighted by atomic mass is 28.4. The van der Waals surface area contributed by atoms with Crippen molar-refractivity contribution in [2.24, 2.45) is 0 Å². The molecule has 6 nitrogen and oxygen atoms in total. The molecule has 1 aromatic rings. The fourth-order valence-electron chi connectivity index (χ4n) is 2.20. The third-order valence-electron chi connectivity index (χ3n) is 4.64. The molecule has 0 aliphatic carbocycles. The van der Waals surface area contributed by atoms with Crippen LogP contribution in [0.15, 0.2) is 12.5 Å². The minimum Gasteiger partial charge on any atom is -0.461 e. The first-order chi connectivity index (χ1) is 11.0. The van der Waals surface area contributed by atoms with Gasteiger partial charge < -0.3 is 18.5 Å². The van der Waals surface area contributed by atoms with Crippen molar-refractivity contribution < 1.29 is 18.8 Å². The van der Waals surface area contributed by atoms with E-state index in [0.717, 1.165) is 6.29 Å². The van der Waals surface area contributed by atoms with Crippen molar-refractivity contribution >= 4 is 20.6 Å². The van der Waals surface area contributed by atoms with Gasteiger partial charge in [0.25, 0.3) is 0 Å². The van der Waals surface area contributed by atoms with E-state index in [2.05, 4.69) is 38.8 Å². The molecule has 2 unspecified atom stereocenters. The van der Waals surface area contributed by atoms with Crippen molar-refractivity contribution in [3.05, 3.63) is 18.2 Å². The van der Waals surface area contributed by atoms with Crippen molar-refractivity contribution in [2.45, 2.75) is 71.3 Å². The fourth-order valence-corrected chi connectivity index (χ4v) is 3.64. The molecule has 1 rings (SSSR count). The summed E-state index contributed by atoms with van der Waals surface area (Å²) in [6.45, 7) is 14.9. The molecule has 0 spiro atoms. The second kappa shape index (κ2) is 8.07. The van der Waals surface area contributed by atoms with Gasteiger partial charge in [-0.3, -0.25) is 0 Å². The largest absolute Gasteiger partial charge is 0.461 e. The number of esters is 1. The number of aromatic nitrogens is 2. The topological polar surface area (TPSA) is 70.4 Å². The average Bonchev–Trinajstić information content (AvgIpc) is 2.92. The van der Waals surface area contributed by atoms with Gasteiger partial charge in [-0.25, -0.2) is 9.78 Å². The third-order valence-corrected chi connectivity index (χ3v) is 9.21. The zero-order valence-corrected chi connectivity index (χ0v) is 16.8. The van der Waals surface area contributed by atoms with Gasteiger partial charge in [-0.05, 0) is 32.0 Å². The molecule has 0 radical (unpaired) electrons. The summed E-state index contributed by atoms with van der Waals surface area (Å²) in [5.41, 5.74) is 0.243. The summed E-state index contributed by atoms with van der Waals surface area (Å²) in [7, 11) is -1.96. The van der Waals surface area contributed by atoms with Crippen LogP contribution in [0.5, 0.6) is 0 Å². The van der Waals surface area contributed by atoms with Crippen molar-refractivity contribution in [3.8, 4) is 0 Å². The Morgan fingerprint density at radius 3 is 2.54 bits per heavy atom. The zero-order chi connectivity index (χ0) is 18.5. The van der Waals surface area contributed by atoms with Gasteiger partial charge in [0.15, 0.2) is 14.0 Å². The van der Waals surface area contributed by atoms with Gasteiger partial charge in [0.1, 0.15) is 6.29 Å². The predicted molar refractivity (Wildman–Crippen MR) is 95.6 cm³/mol. The lowest BCUT2D eigenvalue weighted by Crippen LogP contribution is -2.45. The summed E-state index contributed by atoms with van der Waals surface area (Å²) < 4.78 is 13.1. The third kappa shape index (κ3) is 5.01. The second-order valence-corrected chi connectivity index (χ2v) is 12.2. The van der Waals surface area contributed by atoms with Crippen LogP contribution in [0.4, 0.5) is 0 Å². The summed E-state index contributed by atoms with van der Waals surface area (Å²) in [5, 5.41) is 0.0814. The highest BCUT2D eigenvalue weighted by Gasteiger charge is 2.40. The van der Waals surface area contributed by atoms with Crippen LogP contribution >= 0.6 is 0 Å². The molecular weight excluding hydrogens is 324 g/mol. The van der Waals surface area contributed by atoms with E-state index in [9.17, 15) is 9.59 Å². The lowest BCUT2D eigenvalue weighted by atomic mass is 10.1. The number of rotatable bonds is 8. The minimum atomic E-state index is -1.96. The summed E-state index contributed by atoms with van der Waals surface area (Å²) in [5.74, 6) is -0.459. The van der Waals surface area contributed by atoms with E-state index < -0.39 is 14.3 Å². The van der Waals surface area contributed by atoms with E-state index in [-0.39, 0.29) is 22.9 Å². The van der Waals surface area contributed by atoms with Gasteiger partial charge in [0, 0.05) is 12.6 Å². The number of ether oxygens (including phenoxy) is 1. The van der Waals surface area contributed by atoms with Crippen LogP contribution in [0, 0.1) is 0 Å². The number of hydrogen-bond donors (Lipinski definition) is 0. The number of imidazole rings is 1. The molecule has 136 valence electrons. The molecule has 0 aliphatic rings. The van der Waals surface area contributed by atoms with E-state index in [1.165, 1.54) is 0 Å². The smallest absolute Gasteiger partial charge is 0.358 e. The van der Waals surface area contributed by atoms with Crippen LogP contribution in [-0.2, 0) is 14.0 Å². The first-order valence-corrected chi connectivity index (χ1v) is 11.3. The fraction of sp³-hybridized carbons (Fsp3) is 0.706. The molecule has 24 heavy (non-hydrogen) atoms. The van der Waals surface area contributed by atoms with Crippen molar-refractivity contribution in [1.29, 1.82) is 0 Å². The Hall–Kier alpha value is -1.47. The molecule has 0 saturated heterocycles. The lowest BCUT2D eigenvalue weighted by Gasteiger charge is -2.40. The molecule has 2 atom stereocenters. The first-order valence-electron chi connectivity index (χ1n) is 8.35. The van der Waals surface area contributed by atoms with E-state index in [4.69, 9.17) is 9.16 Å². The van der Waals surface area contributed by atoms with Gasteiger partial charge >= 0.3 is 5.97 Å². The second-order valence-electron chi connectivity index (χ2n) is 7.48. The standard InChI is InChI=1S/C17H30N2O4Si/c1-8-22-16(21)14-11-19(12-18-14)15(9-10-20)13(2)23-24(6,7)17(3,4)5/h10-13,15H,8-9H2,1-7H3. The molecule has 0 bridgehead atoms. The number of hydrogen-bond acceptors (Lipinski definition) is 5. The van der Waals surface area contributed by atoms with Crippen LogP contribution in [0.2, 0.25) is 18.1 Å². The molecule has 0 amide bonds. The normalized spacial score (nSPS) is 15.0. The highest BCUT2D eigenvalue weighted by Crippen LogP contribution is 2.38. The van der Waals surface area contributed by atoms with Crippen LogP contribution in [0.3, 0.4) is 0 Å². The van der Waals surface area contributed by atoms with Crippen LogP contribution in [0.1, 0.15) is 57.6 Å². The minimum absolute atomic E-state index is 0.0814. The Labute approximate surface area is 145 Å². The van der Waals surface area contributed by atoms with Crippen molar-refractivity contribution in [3.63, 3.8) is 0 Å².